The van der Waals surface area contributed by atoms with Gasteiger partial charge in [-0.05, 0) is 24.8 Å². The third-order valence-corrected chi connectivity index (χ3v) is 9.16. The largest absolute Gasteiger partial charge is 0.496 e. The number of nitrogens with zero attached hydrogens (tertiary/aromatic N) is 4. The molecule has 0 saturated carbocycles. The number of hydrogen-bond donors (Lipinski definition) is 1. The maximum Gasteiger partial charge on any atom is 0.219 e. The Kier molecular flexibility index (Phi) is 7.53. The highest BCUT2D eigenvalue weighted by molar-refractivity contribution is 8.01. The summed E-state index contributed by atoms with van der Waals surface area (Å²) in [5.41, 5.74) is 10.4. The summed E-state index contributed by atoms with van der Waals surface area (Å²) in [7, 11) is 1.57. The van der Waals surface area contributed by atoms with Crippen LogP contribution in [0.2, 0.25) is 0 Å². The summed E-state index contributed by atoms with van der Waals surface area (Å²) in [5.74, 6) is 0.321. The molecular weight excluding hydrogens is 542 g/mol. The average molecular weight is 572 g/mol. The second-order valence-electron chi connectivity index (χ2n) is 10.7. The number of ketones is 2. The fraction of sp³-hybridized carbons (Fsp3) is 0.300. The molecule has 0 spiro atoms. The molecule has 40 heavy (non-hydrogen) atoms. The van der Waals surface area contributed by atoms with Crippen molar-refractivity contribution in [3.05, 3.63) is 87.9 Å². The fourth-order valence-corrected chi connectivity index (χ4v) is 7.02. The molecule has 0 radical (unpaired) electrons. The zero-order valence-electron chi connectivity index (χ0n) is 22.7. The van der Waals surface area contributed by atoms with Crippen LogP contribution in [0.3, 0.4) is 0 Å². The van der Waals surface area contributed by atoms with E-state index in [9.17, 15) is 14.9 Å². The lowest BCUT2D eigenvalue weighted by Gasteiger charge is -2.42. The lowest BCUT2D eigenvalue weighted by molar-refractivity contribution is -0.118. The number of carbonyl (C=O) groups is 2. The molecule has 8 nitrogen and oxygen atoms in total. The zero-order valence-corrected chi connectivity index (χ0v) is 24.4. The third kappa shape index (κ3) is 5.15. The monoisotopic (exact) mass is 571 g/mol. The molecular formula is C30H29N5O3S2. The minimum atomic E-state index is -0.648. The molecule has 204 valence electrons. The molecule has 2 aliphatic rings. The number of rotatable bonds is 7. The van der Waals surface area contributed by atoms with E-state index >= 15 is 0 Å². The third-order valence-electron chi connectivity index (χ3n) is 7.12. The Morgan fingerprint density at radius 3 is 2.62 bits per heavy atom. The minimum Gasteiger partial charge on any atom is -0.496 e. The van der Waals surface area contributed by atoms with Gasteiger partial charge >= 0.3 is 0 Å². The van der Waals surface area contributed by atoms with E-state index in [-0.39, 0.29) is 34.1 Å². The predicted octanol–water partition coefficient (Wildman–Crippen LogP) is 5.77. The number of thioether (sulfide) groups is 1. The van der Waals surface area contributed by atoms with Crippen LogP contribution in [0.25, 0.3) is 0 Å². The van der Waals surface area contributed by atoms with Crippen LogP contribution in [-0.4, -0.2) is 34.6 Å². The first-order valence-corrected chi connectivity index (χ1v) is 14.6. The van der Waals surface area contributed by atoms with Gasteiger partial charge in [-0.3, -0.25) is 14.5 Å². The first kappa shape index (κ1) is 27.6. The Balaban J connectivity index is 1.53. The van der Waals surface area contributed by atoms with Crippen molar-refractivity contribution in [3.8, 4) is 11.8 Å². The van der Waals surface area contributed by atoms with Gasteiger partial charge < -0.3 is 10.5 Å². The van der Waals surface area contributed by atoms with Crippen molar-refractivity contribution >= 4 is 39.8 Å². The highest BCUT2D eigenvalue weighted by Gasteiger charge is 2.46. The Morgan fingerprint density at radius 2 is 1.93 bits per heavy atom. The van der Waals surface area contributed by atoms with Crippen LogP contribution in [0.5, 0.6) is 5.75 Å². The number of Topliss-reactive ketones (excluding diaryl/α,β-unsaturated/α-hetero) is 2. The Morgan fingerprint density at radius 1 is 1.20 bits per heavy atom. The van der Waals surface area contributed by atoms with Gasteiger partial charge in [0.05, 0.1) is 30.4 Å². The number of methoxy groups -OCH3 is 1. The number of nitrogens with two attached hydrogens (primary N) is 1. The van der Waals surface area contributed by atoms with Crippen LogP contribution in [-0.2, 0) is 4.79 Å². The molecule has 1 aliphatic carbocycles. The summed E-state index contributed by atoms with van der Waals surface area (Å²) in [6.45, 7) is 6.07. The summed E-state index contributed by atoms with van der Waals surface area (Å²) in [5, 5.41) is 19.5. The molecule has 0 bridgehead atoms. The molecule has 2 heterocycles. The molecule has 5 rings (SSSR count). The first-order valence-electron chi connectivity index (χ1n) is 12.8. The quantitative estimate of drug-likeness (QED) is 0.278. The van der Waals surface area contributed by atoms with Crippen molar-refractivity contribution in [1.82, 2.24) is 10.2 Å². The van der Waals surface area contributed by atoms with E-state index in [2.05, 4.69) is 16.3 Å². The number of hydrogen-bond acceptors (Lipinski definition) is 10. The predicted molar refractivity (Wildman–Crippen MR) is 156 cm³/mol. The number of benzene rings is 2. The van der Waals surface area contributed by atoms with E-state index in [1.54, 1.807) is 12.0 Å². The van der Waals surface area contributed by atoms with Crippen LogP contribution in [0.1, 0.15) is 54.1 Å². The maximum absolute atomic E-state index is 13.7. The van der Waals surface area contributed by atoms with Crippen molar-refractivity contribution in [1.29, 1.82) is 5.26 Å². The van der Waals surface area contributed by atoms with Crippen molar-refractivity contribution in [2.24, 2.45) is 11.1 Å². The summed E-state index contributed by atoms with van der Waals surface area (Å²) in [6, 6.07) is 17.1. The number of carbonyl (C=O) groups excluding carboxylic acids is 2. The molecule has 0 amide bonds. The van der Waals surface area contributed by atoms with E-state index in [1.165, 1.54) is 23.1 Å². The smallest absolute Gasteiger partial charge is 0.219 e. The Hall–Kier alpha value is -3.94. The normalized spacial score (nSPS) is 18.4. The molecule has 2 aromatic carbocycles. The number of ether oxygens (including phenoxy) is 1. The van der Waals surface area contributed by atoms with Crippen LogP contribution >= 0.6 is 23.1 Å². The second kappa shape index (κ2) is 10.9. The van der Waals surface area contributed by atoms with Crippen LogP contribution in [0.15, 0.2) is 75.5 Å². The molecule has 0 fully saturated rings. The number of nitriles is 1. The van der Waals surface area contributed by atoms with Gasteiger partial charge in [0, 0.05) is 28.8 Å². The van der Waals surface area contributed by atoms with Gasteiger partial charge in [-0.2, -0.15) is 5.26 Å². The van der Waals surface area contributed by atoms with E-state index in [4.69, 9.17) is 10.5 Å². The van der Waals surface area contributed by atoms with Gasteiger partial charge in [0.25, 0.3) is 0 Å². The molecule has 1 aliphatic heterocycles. The van der Waals surface area contributed by atoms with Gasteiger partial charge in [-0.15, -0.1) is 10.2 Å². The van der Waals surface area contributed by atoms with E-state index in [0.717, 1.165) is 11.3 Å². The minimum absolute atomic E-state index is 0.00447. The highest BCUT2D eigenvalue weighted by atomic mass is 32.2. The molecule has 1 aromatic heterocycles. The molecule has 3 aromatic rings. The number of aromatic nitrogens is 2. The number of allylic oxidation sites excluding steroid dienone is 3. The van der Waals surface area contributed by atoms with Crippen LogP contribution in [0, 0.1) is 23.7 Å². The van der Waals surface area contributed by atoms with Crippen molar-refractivity contribution in [2.75, 3.05) is 17.8 Å². The number of para-hydroxylation sites is 1. The van der Waals surface area contributed by atoms with Gasteiger partial charge in [-0.25, -0.2) is 0 Å². The van der Waals surface area contributed by atoms with Crippen molar-refractivity contribution in [2.45, 2.75) is 43.9 Å². The lowest BCUT2D eigenvalue weighted by Crippen LogP contribution is -2.42. The molecule has 1 atom stereocenters. The molecule has 10 heteroatoms. The lowest BCUT2D eigenvalue weighted by atomic mass is 9.68. The summed E-state index contributed by atoms with van der Waals surface area (Å²) < 4.78 is 6.20. The molecule has 0 saturated heterocycles. The van der Waals surface area contributed by atoms with Crippen LogP contribution < -0.4 is 15.4 Å². The van der Waals surface area contributed by atoms with Gasteiger partial charge in [0.15, 0.2) is 15.9 Å². The van der Waals surface area contributed by atoms with Gasteiger partial charge in [0.2, 0.25) is 5.13 Å². The number of anilines is 1. The topological polar surface area (TPSA) is 122 Å². The first-order chi connectivity index (χ1) is 19.1. The summed E-state index contributed by atoms with van der Waals surface area (Å²) in [4.78, 5) is 28.1. The second-order valence-corrected chi connectivity index (χ2v) is 12.8. The van der Waals surface area contributed by atoms with E-state index in [0.29, 0.717) is 44.8 Å². The van der Waals surface area contributed by atoms with Crippen molar-refractivity contribution in [3.63, 3.8) is 0 Å². The Bertz CT molecular complexity index is 1600. The van der Waals surface area contributed by atoms with Crippen molar-refractivity contribution < 1.29 is 14.3 Å². The van der Waals surface area contributed by atoms with Gasteiger partial charge in [0.1, 0.15) is 11.6 Å². The Labute approximate surface area is 241 Å². The number of aryl methyl sites for hydroxylation is 1. The maximum atomic E-state index is 13.7. The summed E-state index contributed by atoms with van der Waals surface area (Å²) >= 11 is 2.58. The summed E-state index contributed by atoms with van der Waals surface area (Å²) in [6.07, 6.45) is 0.912. The SMILES string of the molecule is COc1ccccc1C1C(C#N)=C(N)N(c2nnc(SCC(=O)c3ccc(C)cc3)s2)C2=C1C(=O)CC(C)(C)C2. The van der Waals surface area contributed by atoms with Crippen LogP contribution in [0.4, 0.5) is 5.13 Å². The van der Waals surface area contributed by atoms with E-state index in [1.807, 2.05) is 69.3 Å². The van der Waals surface area contributed by atoms with E-state index < -0.39 is 5.92 Å². The fourth-order valence-electron chi connectivity index (χ4n) is 5.24. The standard InChI is InChI=1S/C30H29N5O3S2/c1-17-9-11-18(12-10-17)23(37)16-39-29-34-33-28(40-29)35-21-13-30(2,3)14-22(36)26(21)25(20(15-31)27(35)32)19-7-5-6-8-24(19)38-4/h5-12,25H,13-14,16,32H2,1-4H3. The average Bonchev–Trinajstić information content (AvgIpc) is 3.39. The van der Waals surface area contributed by atoms with Gasteiger partial charge in [-0.1, -0.05) is 85.0 Å². The molecule has 1 unspecified atom stereocenters. The molecule has 2 N–H and O–H groups in total. The highest BCUT2D eigenvalue weighted by Crippen LogP contribution is 2.52. The zero-order chi connectivity index (χ0) is 28.6.